The van der Waals surface area contributed by atoms with Gasteiger partial charge in [-0.15, -0.1) is 0 Å². The van der Waals surface area contributed by atoms with E-state index in [1.165, 1.54) is 37.1 Å². The first kappa shape index (κ1) is 16.0. The van der Waals surface area contributed by atoms with Gasteiger partial charge in [0.2, 0.25) is 11.5 Å². The molecule has 4 nitrogen and oxygen atoms in total. The van der Waals surface area contributed by atoms with Gasteiger partial charge in [0.25, 0.3) is 0 Å². The number of H-pyrrole nitrogens is 1. The number of fused-ring (bicyclic) bond motifs is 3. The minimum atomic E-state index is 0.770. The third kappa shape index (κ3) is 2.46. The third-order valence-electron chi connectivity index (χ3n) is 5.54. The summed E-state index contributed by atoms with van der Waals surface area (Å²) in [7, 11) is 0. The Kier molecular flexibility index (Phi) is 4.09. The van der Waals surface area contributed by atoms with Crippen LogP contribution in [0.15, 0.2) is 24.3 Å². The van der Waals surface area contributed by atoms with Crippen LogP contribution in [0, 0.1) is 18.3 Å². The van der Waals surface area contributed by atoms with E-state index in [4.69, 9.17) is 0 Å². The highest BCUT2D eigenvalue weighted by Crippen LogP contribution is 2.29. The number of imidazole rings is 1. The maximum atomic E-state index is 9.81. The van der Waals surface area contributed by atoms with Crippen molar-refractivity contribution in [1.82, 2.24) is 4.98 Å². The lowest BCUT2D eigenvalue weighted by Crippen LogP contribution is -2.38. The van der Waals surface area contributed by atoms with Crippen molar-refractivity contribution in [2.45, 2.75) is 46.0 Å². The van der Waals surface area contributed by atoms with Crippen molar-refractivity contribution in [3.05, 3.63) is 41.0 Å². The molecule has 0 atom stereocenters. The van der Waals surface area contributed by atoms with Crippen molar-refractivity contribution in [1.29, 1.82) is 5.26 Å². The van der Waals surface area contributed by atoms with E-state index < -0.39 is 0 Å². The Bertz CT molecular complexity index is 969. The molecule has 0 saturated carbocycles. The van der Waals surface area contributed by atoms with Gasteiger partial charge in [-0.1, -0.05) is 31.9 Å². The molecule has 1 N–H and O–H groups in total. The topological polar surface area (TPSA) is 46.9 Å². The first-order chi connectivity index (χ1) is 12.3. The van der Waals surface area contributed by atoms with Crippen molar-refractivity contribution in [3.8, 4) is 6.07 Å². The van der Waals surface area contributed by atoms with E-state index in [0.29, 0.717) is 0 Å². The molecule has 3 heterocycles. The Labute approximate surface area is 148 Å². The van der Waals surface area contributed by atoms with E-state index in [2.05, 4.69) is 52.4 Å². The van der Waals surface area contributed by atoms with E-state index in [1.807, 2.05) is 6.07 Å². The zero-order valence-electron chi connectivity index (χ0n) is 15.1. The highest BCUT2D eigenvalue weighted by Gasteiger charge is 2.29. The lowest BCUT2D eigenvalue weighted by Gasteiger charge is -2.22. The molecule has 0 bridgehead atoms. The molecule has 0 radical (unpaired) electrons. The molecule has 0 aliphatic carbocycles. The molecule has 2 aromatic heterocycles. The number of para-hydroxylation sites is 2. The van der Waals surface area contributed by atoms with Gasteiger partial charge in [0.1, 0.15) is 22.7 Å². The van der Waals surface area contributed by atoms with Crippen LogP contribution in [-0.2, 0) is 6.42 Å². The van der Waals surface area contributed by atoms with Gasteiger partial charge in [0.15, 0.2) is 0 Å². The number of pyridine rings is 1. The molecule has 1 aromatic carbocycles. The van der Waals surface area contributed by atoms with Crippen LogP contribution in [0.2, 0.25) is 0 Å². The van der Waals surface area contributed by atoms with Crippen molar-refractivity contribution in [2.24, 2.45) is 0 Å². The quantitative estimate of drug-likeness (QED) is 0.720. The van der Waals surface area contributed by atoms with Gasteiger partial charge < -0.3 is 0 Å². The van der Waals surface area contributed by atoms with E-state index in [1.54, 1.807) is 0 Å². The average molecular weight is 333 g/mol. The summed E-state index contributed by atoms with van der Waals surface area (Å²) in [6, 6.07) is 10.8. The molecule has 1 aliphatic heterocycles. The summed E-state index contributed by atoms with van der Waals surface area (Å²) in [5, 5.41) is 9.81. The van der Waals surface area contributed by atoms with Crippen molar-refractivity contribution in [2.75, 3.05) is 18.0 Å². The Morgan fingerprint density at radius 1 is 1.16 bits per heavy atom. The Morgan fingerprint density at radius 3 is 2.56 bits per heavy atom. The second kappa shape index (κ2) is 6.40. The van der Waals surface area contributed by atoms with Crippen LogP contribution >= 0.6 is 0 Å². The first-order valence-corrected chi connectivity index (χ1v) is 9.39. The van der Waals surface area contributed by atoms with Crippen LogP contribution in [0.4, 0.5) is 5.82 Å². The molecule has 4 rings (SSSR count). The van der Waals surface area contributed by atoms with Crippen molar-refractivity contribution in [3.63, 3.8) is 0 Å². The van der Waals surface area contributed by atoms with Crippen LogP contribution < -0.4 is 9.30 Å². The lowest BCUT2D eigenvalue weighted by atomic mass is 10.0. The van der Waals surface area contributed by atoms with Gasteiger partial charge in [0.05, 0.1) is 13.1 Å². The van der Waals surface area contributed by atoms with Crippen LogP contribution in [-0.4, -0.2) is 18.1 Å². The van der Waals surface area contributed by atoms with Gasteiger partial charge >= 0.3 is 0 Å². The summed E-state index contributed by atoms with van der Waals surface area (Å²) >= 11 is 0. The van der Waals surface area contributed by atoms with E-state index in [0.717, 1.165) is 47.3 Å². The second-order valence-corrected chi connectivity index (χ2v) is 6.99. The zero-order chi connectivity index (χ0) is 17.4. The summed E-state index contributed by atoms with van der Waals surface area (Å²) in [6.07, 6.45) is 6.05. The molecule has 3 aromatic rings. The number of hydrogen-bond acceptors (Lipinski definition) is 2. The van der Waals surface area contributed by atoms with Crippen molar-refractivity contribution >= 4 is 22.5 Å². The number of nitrogens with one attached hydrogen (secondary N) is 1. The van der Waals surface area contributed by atoms with Crippen LogP contribution in [0.1, 0.15) is 49.3 Å². The van der Waals surface area contributed by atoms with Gasteiger partial charge in [0, 0.05) is 5.56 Å². The Balaban J connectivity index is 2.13. The summed E-state index contributed by atoms with van der Waals surface area (Å²) < 4.78 is 2.30. The molecule has 1 fully saturated rings. The normalized spacial score (nSPS) is 15.5. The number of aromatic nitrogens is 2. The highest BCUT2D eigenvalue weighted by atomic mass is 15.2. The fraction of sp³-hybridized carbons (Fsp3) is 0.429. The number of hydrogen-bond donors (Lipinski definition) is 1. The molecular formula is C21H25N4+. The summed E-state index contributed by atoms with van der Waals surface area (Å²) in [5.74, 6) is 1.29. The maximum absolute atomic E-state index is 9.81. The SMILES string of the molecule is CCc1c(C)c(C#N)c2[nH]c3ccccc3[n+]2c1N1CCCCCC1. The lowest BCUT2D eigenvalue weighted by molar-refractivity contribution is -0.468. The molecular weight excluding hydrogens is 308 g/mol. The fourth-order valence-corrected chi connectivity index (χ4v) is 4.28. The molecule has 0 unspecified atom stereocenters. The summed E-state index contributed by atoms with van der Waals surface area (Å²) in [4.78, 5) is 6.05. The van der Waals surface area contributed by atoms with Gasteiger partial charge in [-0.25, -0.2) is 0 Å². The second-order valence-electron chi connectivity index (χ2n) is 6.99. The number of anilines is 1. The minimum absolute atomic E-state index is 0.770. The van der Waals surface area contributed by atoms with Gasteiger partial charge in [-0.2, -0.15) is 9.66 Å². The largest absolute Gasteiger partial charge is 0.292 e. The molecule has 1 aliphatic rings. The van der Waals surface area contributed by atoms with Crippen LogP contribution in [0.3, 0.4) is 0 Å². The monoisotopic (exact) mass is 333 g/mol. The number of nitriles is 1. The number of rotatable bonds is 2. The molecule has 4 heteroatoms. The maximum Gasteiger partial charge on any atom is 0.250 e. The molecule has 1 saturated heterocycles. The average Bonchev–Trinajstić information content (AvgIpc) is 2.81. The predicted molar refractivity (Wildman–Crippen MR) is 101 cm³/mol. The summed E-state index contributed by atoms with van der Waals surface area (Å²) in [5.41, 5.74) is 6.37. The molecule has 128 valence electrons. The highest BCUT2D eigenvalue weighted by molar-refractivity contribution is 5.78. The fourth-order valence-electron chi connectivity index (χ4n) is 4.28. The Morgan fingerprint density at radius 2 is 1.88 bits per heavy atom. The van der Waals surface area contributed by atoms with E-state index in [9.17, 15) is 5.26 Å². The van der Waals surface area contributed by atoms with E-state index in [-0.39, 0.29) is 0 Å². The first-order valence-electron chi connectivity index (χ1n) is 9.39. The van der Waals surface area contributed by atoms with Crippen LogP contribution in [0.5, 0.6) is 0 Å². The smallest absolute Gasteiger partial charge is 0.250 e. The van der Waals surface area contributed by atoms with Crippen LogP contribution in [0.25, 0.3) is 16.7 Å². The van der Waals surface area contributed by atoms with E-state index >= 15 is 0 Å². The third-order valence-corrected chi connectivity index (χ3v) is 5.54. The van der Waals surface area contributed by atoms with Crippen molar-refractivity contribution < 1.29 is 4.40 Å². The zero-order valence-corrected chi connectivity index (χ0v) is 15.1. The molecule has 0 amide bonds. The predicted octanol–water partition coefficient (Wildman–Crippen LogP) is 4.03. The standard InChI is InChI=1S/C21H24N4/c1-3-16-15(2)17(14-22)20-23-18-10-6-7-11-19(18)25(20)21(16)24-12-8-4-5-9-13-24/h6-7,10-11H,3-5,8-9,12-13H2,1-2H3/p+1. The number of nitrogens with zero attached hydrogens (tertiary/aromatic N) is 3. The van der Waals surface area contributed by atoms with Gasteiger partial charge in [-0.3, -0.25) is 9.88 Å². The minimum Gasteiger partial charge on any atom is -0.292 e. The summed E-state index contributed by atoms with van der Waals surface area (Å²) in [6.45, 7) is 6.50. The number of benzene rings is 1. The number of aromatic amines is 1. The Hall–Kier alpha value is -2.54. The molecule has 0 spiro atoms. The van der Waals surface area contributed by atoms with Gasteiger partial charge in [-0.05, 0) is 43.9 Å². The molecule has 25 heavy (non-hydrogen) atoms.